The highest BCUT2D eigenvalue weighted by Crippen LogP contribution is 2.30. The number of hydrogen-bond donors (Lipinski definition) is 1. The smallest absolute Gasteiger partial charge is 0.264 e. The summed E-state index contributed by atoms with van der Waals surface area (Å²) in [6, 6.07) is 18.0. The average molecular weight is 550 g/mol. The summed E-state index contributed by atoms with van der Waals surface area (Å²) in [5.74, 6) is 0.543. The van der Waals surface area contributed by atoms with Gasteiger partial charge in [0.15, 0.2) is 0 Å². The van der Waals surface area contributed by atoms with Crippen molar-refractivity contribution in [3.63, 3.8) is 0 Å². The fourth-order valence-electron chi connectivity index (χ4n) is 3.79. The van der Waals surface area contributed by atoms with Crippen LogP contribution in [-0.4, -0.2) is 28.0 Å². The van der Waals surface area contributed by atoms with E-state index in [0.29, 0.717) is 12.2 Å². The molecule has 0 heterocycles. The van der Waals surface area contributed by atoms with Crippen molar-refractivity contribution in [1.82, 2.24) is 5.32 Å². The van der Waals surface area contributed by atoms with Crippen LogP contribution in [0.2, 0.25) is 10.0 Å². The van der Waals surface area contributed by atoms with Gasteiger partial charge >= 0.3 is 0 Å². The van der Waals surface area contributed by atoms with E-state index in [0.717, 1.165) is 15.4 Å². The number of amides is 1. The highest BCUT2D eigenvalue weighted by atomic mass is 35.5. The molecule has 0 bridgehead atoms. The summed E-state index contributed by atoms with van der Waals surface area (Å²) in [7, 11) is -2.50. The first-order chi connectivity index (χ1) is 17.0. The molecule has 0 saturated carbocycles. The normalized spacial score (nSPS) is 12.3. The molecule has 1 unspecified atom stereocenters. The Morgan fingerprint density at radius 2 is 1.56 bits per heavy atom. The third-order valence-corrected chi connectivity index (χ3v) is 7.82. The summed E-state index contributed by atoms with van der Waals surface area (Å²) < 4.78 is 33.6. The molecule has 0 aliphatic heterocycles. The van der Waals surface area contributed by atoms with Crippen LogP contribution in [0.4, 0.5) is 5.69 Å². The van der Waals surface area contributed by atoms with Gasteiger partial charge < -0.3 is 10.1 Å². The van der Waals surface area contributed by atoms with Crippen LogP contribution in [0.1, 0.15) is 37.4 Å². The number of carbonyl (C=O) groups is 1. The molecule has 0 aliphatic rings. The van der Waals surface area contributed by atoms with Gasteiger partial charge in [0.25, 0.3) is 10.0 Å². The third-order valence-electron chi connectivity index (χ3n) is 5.59. The van der Waals surface area contributed by atoms with E-state index in [2.05, 4.69) is 19.2 Å². The molecule has 0 spiro atoms. The van der Waals surface area contributed by atoms with Crippen molar-refractivity contribution < 1.29 is 17.9 Å². The van der Waals surface area contributed by atoms with Gasteiger partial charge in [-0.25, -0.2) is 8.42 Å². The molecule has 1 N–H and O–H groups in total. The Morgan fingerprint density at radius 1 is 0.972 bits per heavy atom. The predicted molar refractivity (Wildman–Crippen MR) is 146 cm³/mol. The standard InChI is InChI=1S/C27H30Cl2N2O4S/c1-18(2)13-26(20-7-9-24(35-4)10-8-20)30-27(32)17-31(23-15-21(28)14-22(29)16-23)36(33,34)25-11-5-19(3)6-12-25/h5-12,14-16,18,26H,13,17H2,1-4H3,(H,30,32). The number of ether oxygens (including phenoxy) is 1. The molecule has 3 aromatic carbocycles. The molecule has 3 aromatic rings. The first-order valence-electron chi connectivity index (χ1n) is 11.5. The number of aryl methyl sites for hydroxylation is 1. The number of rotatable bonds is 10. The number of nitrogens with zero attached hydrogens (tertiary/aromatic N) is 1. The maximum absolute atomic E-state index is 13.7. The lowest BCUT2D eigenvalue weighted by atomic mass is 9.97. The van der Waals surface area contributed by atoms with Gasteiger partial charge in [0.2, 0.25) is 5.91 Å². The molecular weight excluding hydrogens is 519 g/mol. The molecule has 0 aromatic heterocycles. The van der Waals surface area contributed by atoms with Crippen molar-refractivity contribution in [2.75, 3.05) is 18.0 Å². The zero-order chi connectivity index (χ0) is 26.5. The van der Waals surface area contributed by atoms with Crippen LogP contribution in [-0.2, 0) is 14.8 Å². The fourth-order valence-corrected chi connectivity index (χ4v) is 5.71. The largest absolute Gasteiger partial charge is 0.497 e. The van der Waals surface area contributed by atoms with Crippen molar-refractivity contribution in [2.24, 2.45) is 5.92 Å². The number of anilines is 1. The van der Waals surface area contributed by atoms with Crippen molar-refractivity contribution in [1.29, 1.82) is 0 Å². The molecule has 36 heavy (non-hydrogen) atoms. The Labute approximate surface area is 223 Å². The maximum atomic E-state index is 13.7. The molecule has 9 heteroatoms. The number of nitrogens with one attached hydrogen (secondary N) is 1. The SMILES string of the molecule is COc1ccc(C(CC(C)C)NC(=O)CN(c2cc(Cl)cc(Cl)c2)S(=O)(=O)c2ccc(C)cc2)cc1. The van der Waals surface area contributed by atoms with Crippen molar-refractivity contribution in [3.05, 3.63) is 87.9 Å². The predicted octanol–water partition coefficient (Wildman–Crippen LogP) is 6.41. The Bertz CT molecular complexity index is 1270. The summed E-state index contributed by atoms with van der Waals surface area (Å²) in [6.07, 6.45) is 0.672. The Morgan fingerprint density at radius 3 is 2.08 bits per heavy atom. The number of carbonyl (C=O) groups excluding carboxylic acids is 1. The van der Waals surface area contributed by atoms with E-state index in [9.17, 15) is 13.2 Å². The number of benzene rings is 3. The number of halogens is 2. The third kappa shape index (κ3) is 7.15. The molecule has 0 radical (unpaired) electrons. The van der Waals surface area contributed by atoms with E-state index in [1.807, 2.05) is 31.2 Å². The van der Waals surface area contributed by atoms with Gasteiger partial charge in [0.05, 0.1) is 23.7 Å². The van der Waals surface area contributed by atoms with Crippen molar-refractivity contribution >= 4 is 44.8 Å². The summed E-state index contributed by atoms with van der Waals surface area (Å²) in [4.78, 5) is 13.4. The van der Waals surface area contributed by atoms with Crippen molar-refractivity contribution in [2.45, 2.75) is 38.1 Å². The maximum Gasteiger partial charge on any atom is 0.264 e. The molecule has 192 valence electrons. The Kier molecular flexibility index (Phi) is 9.28. The summed E-state index contributed by atoms with van der Waals surface area (Å²) in [5.41, 5.74) is 2.02. The van der Waals surface area contributed by atoms with Crippen LogP contribution in [0.3, 0.4) is 0 Å². The summed E-state index contributed by atoms with van der Waals surface area (Å²) in [5, 5.41) is 3.54. The van der Waals surface area contributed by atoms with Crippen molar-refractivity contribution in [3.8, 4) is 5.75 Å². The first-order valence-corrected chi connectivity index (χ1v) is 13.7. The summed E-state index contributed by atoms with van der Waals surface area (Å²) in [6.45, 7) is 5.54. The van der Waals surface area contributed by atoms with E-state index in [1.165, 1.54) is 30.3 Å². The van der Waals surface area contributed by atoms with E-state index in [-0.39, 0.29) is 32.6 Å². The van der Waals surface area contributed by atoms with Gasteiger partial charge in [-0.2, -0.15) is 0 Å². The van der Waals surface area contributed by atoms with Crippen LogP contribution in [0.25, 0.3) is 0 Å². The molecule has 0 saturated heterocycles. The van der Waals surface area contributed by atoms with E-state index in [1.54, 1.807) is 19.2 Å². The average Bonchev–Trinajstić information content (AvgIpc) is 2.81. The van der Waals surface area contributed by atoms with Crippen LogP contribution in [0, 0.1) is 12.8 Å². The molecule has 0 aliphatic carbocycles. The van der Waals surface area contributed by atoms with Gasteiger partial charge in [-0.3, -0.25) is 9.10 Å². The lowest BCUT2D eigenvalue weighted by molar-refractivity contribution is -0.120. The monoisotopic (exact) mass is 548 g/mol. The molecule has 1 atom stereocenters. The van der Waals surface area contributed by atoms with Crippen LogP contribution < -0.4 is 14.4 Å². The van der Waals surface area contributed by atoms with Gasteiger partial charge in [0.1, 0.15) is 12.3 Å². The minimum atomic E-state index is -4.09. The van der Waals surface area contributed by atoms with E-state index in [4.69, 9.17) is 27.9 Å². The lowest BCUT2D eigenvalue weighted by Gasteiger charge is -2.27. The van der Waals surface area contributed by atoms with Gasteiger partial charge in [-0.1, -0.05) is 66.9 Å². The van der Waals surface area contributed by atoms with Crippen LogP contribution in [0.15, 0.2) is 71.6 Å². The quantitative estimate of drug-likeness (QED) is 0.317. The Hall–Kier alpha value is -2.74. The first kappa shape index (κ1) is 27.8. The minimum Gasteiger partial charge on any atom is -0.497 e. The topological polar surface area (TPSA) is 75.7 Å². The molecule has 1 amide bonds. The Balaban J connectivity index is 1.95. The summed E-state index contributed by atoms with van der Waals surface area (Å²) >= 11 is 12.4. The van der Waals surface area contributed by atoms with Crippen LogP contribution in [0.5, 0.6) is 5.75 Å². The molecule has 0 fully saturated rings. The second-order valence-electron chi connectivity index (χ2n) is 8.98. The van der Waals surface area contributed by atoms with E-state index < -0.39 is 22.5 Å². The number of sulfonamides is 1. The molecule has 3 rings (SSSR count). The minimum absolute atomic E-state index is 0.0610. The highest BCUT2D eigenvalue weighted by molar-refractivity contribution is 7.92. The molecule has 6 nitrogen and oxygen atoms in total. The van der Waals surface area contributed by atoms with Gasteiger partial charge in [0, 0.05) is 10.0 Å². The lowest BCUT2D eigenvalue weighted by Crippen LogP contribution is -2.42. The van der Waals surface area contributed by atoms with Gasteiger partial charge in [-0.05, 0) is 67.3 Å². The second-order valence-corrected chi connectivity index (χ2v) is 11.7. The van der Waals surface area contributed by atoms with E-state index >= 15 is 0 Å². The highest BCUT2D eigenvalue weighted by Gasteiger charge is 2.29. The molecular formula is C27H30Cl2N2O4S. The second kappa shape index (κ2) is 12.0. The zero-order valence-corrected chi connectivity index (χ0v) is 23.0. The van der Waals surface area contributed by atoms with Gasteiger partial charge in [-0.15, -0.1) is 0 Å². The van der Waals surface area contributed by atoms with Crippen LogP contribution >= 0.6 is 23.2 Å². The fraction of sp³-hybridized carbons (Fsp3) is 0.296. The number of methoxy groups -OCH3 is 1. The zero-order valence-electron chi connectivity index (χ0n) is 20.7. The number of hydrogen-bond acceptors (Lipinski definition) is 4.